The molecule has 0 spiro atoms. The van der Waals surface area contributed by atoms with E-state index in [1.165, 1.54) is 11.3 Å². The fraction of sp³-hybridized carbons (Fsp3) is 0.0952. The molecule has 132 valence electrons. The van der Waals surface area contributed by atoms with Crippen LogP contribution in [0.3, 0.4) is 0 Å². The number of rotatable bonds is 1. The summed E-state index contributed by atoms with van der Waals surface area (Å²) in [5.74, 6) is -0.228. The lowest BCUT2D eigenvalue weighted by Gasteiger charge is -2.00. The standard InChI is InChI=1S/C21H15N3OS2/c1-12-22-18-17(26-12)10-9-16-19(18)27-21(24(16)2)23-20(25)15-8-7-13-5-3-4-6-14(13)11-15/h3-11H,1-2H3/b23-21+. The van der Waals surface area contributed by atoms with E-state index in [0.29, 0.717) is 10.4 Å². The Kier molecular flexibility index (Phi) is 3.70. The largest absolute Gasteiger partial charge is 0.319 e. The van der Waals surface area contributed by atoms with E-state index in [0.717, 1.165) is 36.2 Å². The van der Waals surface area contributed by atoms with Crippen molar-refractivity contribution in [2.45, 2.75) is 6.92 Å². The van der Waals surface area contributed by atoms with Crippen molar-refractivity contribution in [2.24, 2.45) is 12.0 Å². The summed E-state index contributed by atoms with van der Waals surface area (Å²) in [7, 11) is 1.94. The molecule has 3 aromatic carbocycles. The highest BCUT2D eigenvalue weighted by Crippen LogP contribution is 2.30. The zero-order valence-corrected chi connectivity index (χ0v) is 16.4. The first-order valence-electron chi connectivity index (χ1n) is 8.54. The van der Waals surface area contributed by atoms with Gasteiger partial charge >= 0.3 is 0 Å². The van der Waals surface area contributed by atoms with Crippen LogP contribution < -0.4 is 4.80 Å². The molecule has 0 fully saturated rings. The molecule has 5 rings (SSSR count). The molecule has 0 saturated heterocycles. The number of thiazole rings is 2. The minimum atomic E-state index is -0.228. The number of nitrogens with zero attached hydrogens (tertiary/aromatic N) is 3. The van der Waals surface area contributed by atoms with E-state index in [2.05, 4.69) is 22.1 Å². The Morgan fingerprint density at radius 1 is 1.04 bits per heavy atom. The van der Waals surface area contributed by atoms with E-state index < -0.39 is 0 Å². The van der Waals surface area contributed by atoms with Crippen molar-refractivity contribution in [3.05, 3.63) is 70.0 Å². The molecular weight excluding hydrogens is 374 g/mol. The third kappa shape index (κ3) is 2.69. The predicted molar refractivity (Wildman–Crippen MR) is 113 cm³/mol. The summed E-state index contributed by atoms with van der Waals surface area (Å²) in [6, 6.07) is 17.9. The molecular formula is C21H15N3OS2. The Morgan fingerprint density at radius 2 is 1.85 bits per heavy atom. The summed E-state index contributed by atoms with van der Waals surface area (Å²) in [5.41, 5.74) is 2.64. The lowest BCUT2D eigenvalue weighted by molar-refractivity contribution is 0.0998. The predicted octanol–water partition coefficient (Wildman–Crippen LogP) is 5.05. The smallest absolute Gasteiger partial charge is 0.279 e. The summed E-state index contributed by atoms with van der Waals surface area (Å²) in [5, 5.41) is 3.20. The fourth-order valence-corrected chi connectivity index (χ4v) is 5.28. The molecule has 2 aromatic heterocycles. The second kappa shape index (κ2) is 6.11. The van der Waals surface area contributed by atoms with Crippen LogP contribution in [0, 0.1) is 6.92 Å². The van der Waals surface area contributed by atoms with Crippen molar-refractivity contribution in [3.63, 3.8) is 0 Å². The first-order valence-corrected chi connectivity index (χ1v) is 10.2. The Bertz CT molecular complexity index is 1420. The number of aromatic nitrogens is 2. The number of hydrogen-bond acceptors (Lipinski definition) is 4. The quantitative estimate of drug-likeness (QED) is 0.403. The summed E-state index contributed by atoms with van der Waals surface area (Å²) >= 11 is 3.20. The van der Waals surface area contributed by atoms with Gasteiger partial charge in [0.05, 0.1) is 19.9 Å². The lowest BCUT2D eigenvalue weighted by Crippen LogP contribution is -2.13. The maximum atomic E-state index is 12.8. The molecule has 0 saturated carbocycles. The molecule has 0 aliphatic heterocycles. The number of carbonyl (C=O) groups excluding carboxylic acids is 1. The highest BCUT2D eigenvalue weighted by Gasteiger charge is 2.12. The van der Waals surface area contributed by atoms with Gasteiger partial charge in [-0.2, -0.15) is 4.99 Å². The van der Waals surface area contributed by atoms with E-state index in [9.17, 15) is 4.79 Å². The van der Waals surface area contributed by atoms with Crippen LogP contribution in [0.5, 0.6) is 0 Å². The topological polar surface area (TPSA) is 47.2 Å². The van der Waals surface area contributed by atoms with Crippen molar-refractivity contribution < 1.29 is 4.79 Å². The first-order chi connectivity index (χ1) is 13.1. The molecule has 4 nitrogen and oxygen atoms in total. The SMILES string of the molecule is Cc1nc2c(ccc3c2s/c(=N/C(=O)c2ccc4ccccc4c2)n3C)s1. The van der Waals surface area contributed by atoms with Crippen LogP contribution >= 0.6 is 22.7 Å². The first kappa shape index (κ1) is 16.4. The molecule has 0 unspecified atom stereocenters. The van der Waals surface area contributed by atoms with E-state index in [1.54, 1.807) is 11.3 Å². The molecule has 27 heavy (non-hydrogen) atoms. The third-order valence-corrected chi connectivity index (χ3v) is 6.73. The highest BCUT2D eigenvalue weighted by atomic mass is 32.1. The molecule has 6 heteroatoms. The van der Waals surface area contributed by atoms with Crippen LogP contribution in [0.15, 0.2) is 59.6 Å². The fourth-order valence-electron chi connectivity index (χ4n) is 3.27. The van der Waals surface area contributed by atoms with Gasteiger partial charge in [0.15, 0.2) is 4.80 Å². The van der Waals surface area contributed by atoms with Crippen LogP contribution in [-0.4, -0.2) is 15.5 Å². The van der Waals surface area contributed by atoms with E-state index in [1.807, 2.05) is 61.0 Å². The van der Waals surface area contributed by atoms with Crippen LogP contribution in [0.2, 0.25) is 0 Å². The van der Waals surface area contributed by atoms with Gasteiger partial charge in [0.2, 0.25) is 0 Å². The normalized spacial score (nSPS) is 12.4. The average Bonchev–Trinajstić information content (AvgIpc) is 3.21. The van der Waals surface area contributed by atoms with Crippen LogP contribution in [-0.2, 0) is 7.05 Å². The van der Waals surface area contributed by atoms with Crippen molar-refractivity contribution in [1.82, 2.24) is 9.55 Å². The van der Waals surface area contributed by atoms with Gasteiger partial charge < -0.3 is 4.57 Å². The average molecular weight is 390 g/mol. The van der Waals surface area contributed by atoms with E-state index in [4.69, 9.17) is 0 Å². The van der Waals surface area contributed by atoms with Gasteiger partial charge in [0, 0.05) is 12.6 Å². The number of aryl methyl sites for hydroxylation is 2. The van der Waals surface area contributed by atoms with Crippen molar-refractivity contribution in [2.75, 3.05) is 0 Å². The summed E-state index contributed by atoms with van der Waals surface area (Å²) in [6.07, 6.45) is 0. The Balaban J connectivity index is 1.66. The van der Waals surface area contributed by atoms with Gasteiger partial charge in [0.25, 0.3) is 5.91 Å². The van der Waals surface area contributed by atoms with E-state index >= 15 is 0 Å². The van der Waals surface area contributed by atoms with Gasteiger partial charge in [-0.25, -0.2) is 4.98 Å². The van der Waals surface area contributed by atoms with Gasteiger partial charge in [-0.05, 0) is 42.0 Å². The molecule has 0 atom stereocenters. The summed E-state index contributed by atoms with van der Waals surface area (Å²) < 4.78 is 4.20. The minimum Gasteiger partial charge on any atom is -0.319 e. The molecule has 0 aliphatic rings. The minimum absolute atomic E-state index is 0.228. The number of hydrogen-bond donors (Lipinski definition) is 0. The maximum absolute atomic E-state index is 12.8. The molecule has 0 N–H and O–H groups in total. The highest BCUT2D eigenvalue weighted by molar-refractivity contribution is 7.21. The maximum Gasteiger partial charge on any atom is 0.279 e. The third-order valence-electron chi connectivity index (χ3n) is 4.64. The van der Waals surface area contributed by atoms with Crippen molar-refractivity contribution >= 4 is 59.8 Å². The Morgan fingerprint density at radius 3 is 2.70 bits per heavy atom. The molecule has 1 amide bonds. The van der Waals surface area contributed by atoms with Crippen LogP contribution in [0.1, 0.15) is 15.4 Å². The summed E-state index contributed by atoms with van der Waals surface area (Å²) in [4.78, 5) is 22.5. The van der Waals surface area contributed by atoms with Crippen LogP contribution in [0.25, 0.3) is 31.2 Å². The summed E-state index contributed by atoms with van der Waals surface area (Å²) in [6.45, 7) is 2.01. The molecule has 0 bridgehead atoms. The Hall–Kier alpha value is -2.83. The van der Waals surface area contributed by atoms with Gasteiger partial charge in [-0.1, -0.05) is 41.7 Å². The number of carbonyl (C=O) groups is 1. The monoisotopic (exact) mass is 389 g/mol. The van der Waals surface area contributed by atoms with Crippen molar-refractivity contribution in [1.29, 1.82) is 0 Å². The number of fused-ring (bicyclic) bond motifs is 4. The zero-order valence-electron chi connectivity index (χ0n) is 14.8. The molecule has 0 aliphatic carbocycles. The van der Waals surface area contributed by atoms with Gasteiger partial charge in [-0.15, -0.1) is 11.3 Å². The molecule has 0 radical (unpaired) electrons. The second-order valence-electron chi connectivity index (χ2n) is 6.42. The lowest BCUT2D eigenvalue weighted by atomic mass is 10.1. The van der Waals surface area contributed by atoms with E-state index in [-0.39, 0.29) is 5.91 Å². The molecule has 5 aromatic rings. The van der Waals surface area contributed by atoms with Gasteiger partial charge in [-0.3, -0.25) is 4.79 Å². The number of benzene rings is 3. The second-order valence-corrected chi connectivity index (χ2v) is 8.63. The Labute approximate surface area is 163 Å². The van der Waals surface area contributed by atoms with Crippen molar-refractivity contribution in [3.8, 4) is 0 Å². The molecule has 2 heterocycles. The van der Waals surface area contributed by atoms with Gasteiger partial charge in [0.1, 0.15) is 5.52 Å². The number of amides is 1. The zero-order chi connectivity index (χ0) is 18.5. The van der Waals surface area contributed by atoms with Crippen LogP contribution in [0.4, 0.5) is 0 Å².